The smallest absolute Gasteiger partial charge is 0.133 e. The average Bonchev–Trinajstić information content (AvgIpc) is 2.97. The number of hydrogen-bond donors (Lipinski definition) is 2. The Morgan fingerprint density at radius 3 is 2.50 bits per heavy atom. The summed E-state index contributed by atoms with van der Waals surface area (Å²) in [4.78, 5) is 6.75. The third kappa shape index (κ3) is 2.69. The summed E-state index contributed by atoms with van der Waals surface area (Å²) < 4.78 is 0. The third-order valence-corrected chi connectivity index (χ3v) is 3.70. The van der Waals surface area contributed by atoms with Gasteiger partial charge in [0.05, 0.1) is 11.9 Å². The van der Waals surface area contributed by atoms with Gasteiger partial charge in [-0.1, -0.05) is 0 Å². The quantitative estimate of drug-likeness (QED) is 0.896. The van der Waals surface area contributed by atoms with E-state index in [1.165, 1.54) is 31.6 Å². The minimum atomic E-state index is 0.692. The maximum Gasteiger partial charge on any atom is 0.133 e. The number of rotatable bonds is 3. The molecule has 0 spiro atoms. The highest BCUT2D eigenvalue weighted by molar-refractivity contribution is 5.64. The number of nitrogen functional groups attached to an aromatic ring is 1. The molecule has 3 rings (SSSR count). The number of nitrogens with two attached hydrogens (primary N) is 1. The molecule has 0 amide bonds. The molecule has 0 aliphatic carbocycles. The maximum absolute atomic E-state index is 5.71. The van der Waals surface area contributed by atoms with Crippen LogP contribution in [0, 0.1) is 6.92 Å². The normalized spacial score (nSPS) is 14.6. The molecule has 0 radical (unpaired) electrons. The van der Waals surface area contributed by atoms with Crippen LogP contribution >= 0.6 is 0 Å². The highest BCUT2D eigenvalue weighted by Crippen LogP contribution is 2.24. The van der Waals surface area contributed by atoms with Gasteiger partial charge in [-0.15, -0.1) is 0 Å². The maximum atomic E-state index is 5.71. The number of nitrogens with one attached hydrogen (secondary N) is 1. The molecule has 1 saturated heterocycles. The number of aromatic nitrogens is 1. The van der Waals surface area contributed by atoms with E-state index in [2.05, 4.69) is 39.5 Å². The van der Waals surface area contributed by atoms with Crippen molar-refractivity contribution in [2.75, 3.05) is 29.0 Å². The van der Waals surface area contributed by atoms with E-state index in [1.807, 2.05) is 13.0 Å². The lowest BCUT2D eigenvalue weighted by Gasteiger charge is -2.18. The fourth-order valence-electron chi connectivity index (χ4n) is 2.60. The summed E-state index contributed by atoms with van der Waals surface area (Å²) >= 11 is 0. The van der Waals surface area contributed by atoms with Crippen molar-refractivity contribution >= 4 is 22.9 Å². The average molecular weight is 268 g/mol. The summed E-state index contributed by atoms with van der Waals surface area (Å²) in [5.74, 6) is 0.855. The molecule has 1 aliphatic heterocycles. The predicted molar refractivity (Wildman–Crippen MR) is 84.6 cm³/mol. The van der Waals surface area contributed by atoms with Crippen molar-refractivity contribution in [1.29, 1.82) is 0 Å². The summed E-state index contributed by atoms with van der Waals surface area (Å²) in [6, 6.07) is 10.5. The fourth-order valence-corrected chi connectivity index (χ4v) is 2.60. The van der Waals surface area contributed by atoms with Gasteiger partial charge >= 0.3 is 0 Å². The number of anilines is 4. The Kier molecular flexibility index (Phi) is 3.46. The Morgan fingerprint density at radius 2 is 1.85 bits per heavy atom. The van der Waals surface area contributed by atoms with Crippen LogP contribution in [0.15, 0.2) is 36.5 Å². The highest BCUT2D eigenvalue weighted by Gasteiger charge is 2.11. The molecule has 1 aromatic heterocycles. The summed E-state index contributed by atoms with van der Waals surface area (Å²) in [7, 11) is 0. The van der Waals surface area contributed by atoms with Gasteiger partial charge in [0, 0.05) is 24.5 Å². The molecule has 4 heteroatoms. The van der Waals surface area contributed by atoms with Crippen LogP contribution in [0.1, 0.15) is 18.4 Å². The standard InChI is InChI=1S/C16H20N4/c1-12-10-13(17)11-18-16(12)19-14-4-6-15(7-5-14)20-8-2-3-9-20/h4-7,10-11H,2-3,8-9,17H2,1H3,(H,18,19). The van der Waals surface area contributed by atoms with Crippen LogP contribution < -0.4 is 16.0 Å². The number of hydrogen-bond acceptors (Lipinski definition) is 4. The number of nitrogens with zero attached hydrogens (tertiary/aromatic N) is 2. The van der Waals surface area contributed by atoms with Gasteiger partial charge in [-0.25, -0.2) is 4.98 Å². The second-order valence-electron chi connectivity index (χ2n) is 5.30. The zero-order valence-corrected chi connectivity index (χ0v) is 11.8. The zero-order valence-electron chi connectivity index (χ0n) is 11.8. The van der Waals surface area contributed by atoms with Crippen LogP contribution in [-0.4, -0.2) is 18.1 Å². The second-order valence-corrected chi connectivity index (χ2v) is 5.30. The van der Waals surface area contributed by atoms with E-state index in [-0.39, 0.29) is 0 Å². The van der Waals surface area contributed by atoms with Crippen molar-refractivity contribution in [3.05, 3.63) is 42.1 Å². The first kappa shape index (κ1) is 12.8. The molecule has 104 valence electrons. The minimum absolute atomic E-state index is 0.692. The molecule has 0 saturated carbocycles. The number of aryl methyl sites for hydroxylation is 1. The first-order valence-corrected chi connectivity index (χ1v) is 7.06. The van der Waals surface area contributed by atoms with Crippen molar-refractivity contribution in [2.24, 2.45) is 0 Å². The van der Waals surface area contributed by atoms with Crippen molar-refractivity contribution in [1.82, 2.24) is 4.98 Å². The zero-order chi connectivity index (χ0) is 13.9. The molecule has 20 heavy (non-hydrogen) atoms. The molecule has 3 N–H and O–H groups in total. The van der Waals surface area contributed by atoms with Gasteiger partial charge in [0.25, 0.3) is 0 Å². The number of pyridine rings is 1. The Morgan fingerprint density at radius 1 is 1.15 bits per heavy atom. The lowest BCUT2D eigenvalue weighted by molar-refractivity contribution is 0.949. The third-order valence-electron chi connectivity index (χ3n) is 3.70. The Labute approximate surface area is 119 Å². The van der Waals surface area contributed by atoms with E-state index in [4.69, 9.17) is 5.73 Å². The van der Waals surface area contributed by atoms with Gasteiger partial charge < -0.3 is 16.0 Å². The molecular weight excluding hydrogens is 248 g/mol. The van der Waals surface area contributed by atoms with Gasteiger partial charge in [-0.2, -0.15) is 0 Å². The lowest BCUT2D eigenvalue weighted by Crippen LogP contribution is -2.17. The lowest BCUT2D eigenvalue weighted by atomic mass is 10.2. The first-order chi connectivity index (χ1) is 9.72. The van der Waals surface area contributed by atoms with Crippen LogP contribution in [0.25, 0.3) is 0 Å². The molecule has 1 aliphatic rings. The van der Waals surface area contributed by atoms with E-state index in [0.717, 1.165) is 17.1 Å². The Hall–Kier alpha value is -2.23. The van der Waals surface area contributed by atoms with Gasteiger partial charge in [-0.05, 0) is 55.7 Å². The van der Waals surface area contributed by atoms with E-state index in [0.29, 0.717) is 5.69 Å². The first-order valence-electron chi connectivity index (χ1n) is 7.06. The van der Waals surface area contributed by atoms with Gasteiger partial charge in [0.15, 0.2) is 0 Å². The molecule has 2 heterocycles. The van der Waals surface area contributed by atoms with Crippen molar-refractivity contribution < 1.29 is 0 Å². The molecule has 4 nitrogen and oxygen atoms in total. The van der Waals surface area contributed by atoms with Crippen LogP contribution in [0.2, 0.25) is 0 Å². The summed E-state index contributed by atoms with van der Waals surface area (Å²) in [6.45, 7) is 4.35. The molecule has 1 aromatic carbocycles. The molecule has 2 aromatic rings. The van der Waals surface area contributed by atoms with Gasteiger partial charge in [-0.3, -0.25) is 0 Å². The van der Waals surface area contributed by atoms with Crippen LogP contribution in [0.5, 0.6) is 0 Å². The van der Waals surface area contributed by atoms with Crippen molar-refractivity contribution in [2.45, 2.75) is 19.8 Å². The largest absolute Gasteiger partial charge is 0.397 e. The van der Waals surface area contributed by atoms with Crippen LogP contribution in [-0.2, 0) is 0 Å². The summed E-state index contributed by atoms with van der Waals surface area (Å²) in [5, 5.41) is 3.33. The van der Waals surface area contributed by atoms with Crippen molar-refractivity contribution in [3.63, 3.8) is 0 Å². The van der Waals surface area contributed by atoms with Gasteiger partial charge in [0.1, 0.15) is 5.82 Å². The van der Waals surface area contributed by atoms with E-state index >= 15 is 0 Å². The summed E-state index contributed by atoms with van der Waals surface area (Å²) in [6.07, 6.45) is 4.27. The van der Waals surface area contributed by atoms with E-state index < -0.39 is 0 Å². The van der Waals surface area contributed by atoms with Crippen LogP contribution in [0.3, 0.4) is 0 Å². The predicted octanol–water partition coefficient (Wildman–Crippen LogP) is 3.32. The molecular formula is C16H20N4. The monoisotopic (exact) mass is 268 g/mol. The molecule has 1 fully saturated rings. The topological polar surface area (TPSA) is 54.2 Å². The second kappa shape index (κ2) is 5.41. The highest BCUT2D eigenvalue weighted by atomic mass is 15.1. The van der Waals surface area contributed by atoms with E-state index in [1.54, 1.807) is 6.20 Å². The summed E-state index contributed by atoms with van der Waals surface area (Å²) in [5.41, 5.74) is 9.81. The SMILES string of the molecule is Cc1cc(N)cnc1Nc1ccc(N2CCCC2)cc1. The molecule has 0 bridgehead atoms. The van der Waals surface area contributed by atoms with Crippen LogP contribution in [0.4, 0.5) is 22.9 Å². The fraction of sp³-hybridized carbons (Fsp3) is 0.312. The Balaban J connectivity index is 1.74. The Bertz CT molecular complexity index is 586. The molecule has 0 atom stereocenters. The minimum Gasteiger partial charge on any atom is -0.397 e. The van der Waals surface area contributed by atoms with E-state index in [9.17, 15) is 0 Å². The molecule has 0 unspecified atom stereocenters. The number of benzene rings is 1. The van der Waals surface area contributed by atoms with Gasteiger partial charge in [0.2, 0.25) is 0 Å². The van der Waals surface area contributed by atoms with Crippen molar-refractivity contribution in [3.8, 4) is 0 Å².